The summed E-state index contributed by atoms with van der Waals surface area (Å²) >= 11 is 0. The third-order valence-electron chi connectivity index (χ3n) is 18.5. The van der Waals surface area contributed by atoms with Gasteiger partial charge < -0.3 is 122 Å². The maximum absolute atomic E-state index is 15.1. The number of aliphatic hydroxyl groups is 4. The summed E-state index contributed by atoms with van der Waals surface area (Å²) in [6.45, 7) is 17.4. The predicted molar refractivity (Wildman–Crippen MR) is 386 cm³/mol. The van der Waals surface area contributed by atoms with Crippen molar-refractivity contribution in [3.05, 3.63) is 29.8 Å². The molecule has 0 unspecified atom stereocenters. The first-order valence-corrected chi connectivity index (χ1v) is 35.2. The first-order chi connectivity index (χ1) is 49.3. The lowest BCUT2D eigenvalue weighted by atomic mass is 9.87. The zero-order valence-electron chi connectivity index (χ0n) is 63.2. The fourth-order valence-electron chi connectivity index (χ4n) is 11.7. The van der Waals surface area contributed by atoms with Gasteiger partial charge in [0.25, 0.3) is 5.91 Å². The predicted octanol–water partition coefficient (Wildman–Crippen LogP) is -5.44. The Morgan fingerprint density at radius 1 is 0.623 bits per heavy atom. The first kappa shape index (κ1) is 92.6. The number of guanidine groups is 2. The Hall–Kier alpha value is -9.53. The molecular formula is C68H116N18O20. The van der Waals surface area contributed by atoms with Crippen molar-refractivity contribution in [2.24, 2.45) is 79.9 Å². The van der Waals surface area contributed by atoms with Gasteiger partial charge in [-0.3, -0.25) is 67.5 Å². The summed E-state index contributed by atoms with van der Waals surface area (Å²) in [5.41, 5.74) is 33.6. The van der Waals surface area contributed by atoms with Crippen LogP contribution in [0.3, 0.4) is 0 Å². The molecule has 38 nitrogen and oxygen atoms in total. The minimum atomic E-state index is -2.58. The van der Waals surface area contributed by atoms with Crippen LogP contribution in [0, 0.1) is 35.5 Å². The molecule has 0 aliphatic carbocycles. The third kappa shape index (κ3) is 28.7. The number of amides is 12. The lowest BCUT2D eigenvalue weighted by Gasteiger charge is -2.36. The summed E-state index contributed by atoms with van der Waals surface area (Å²) < 4.78 is 11.7. The topological polar surface area (TPSA) is 625 Å². The van der Waals surface area contributed by atoms with E-state index in [1.54, 1.807) is 20.8 Å². The number of carbonyl (C=O) groups is 13. The highest BCUT2D eigenvalue weighted by Gasteiger charge is 2.45. The van der Waals surface area contributed by atoms with Gasteiger partial charge in [0.05, 0.1) is 24.2 Å². The highest BCUT2D eigenvalue weighted by atomic mass is 16.5. The maximum Gasteiger partial charge on any atom is 0.328 e. The van der Waals surface area contributed by atoms with Crippen molar-refractivity contribution in [1.29, 1.82) is 0 Å². The number of esters is 1. The highest BCUT2D eigenvalue weighted by Crippen LogP contribution is 2.27. The molecule has 0 bridgehead atoms. The molecule has 0 radical (unpaired) electrons. The zero-order chi connectivity index (χ0) is 81.1. The fourth-order valence-corrected chi connectivity index (χ4v) is 11.7. The SMILES string of the molecule is CO[C@H](c1ccc(O)cc1)[C@H]1NC(=O)[C@H](CCC(N)=O)N(C)C(=O)[C@H](CC(C)C)NC(=O)[C@@H](CCCN=C(N)N)NC(=O)[C@@H]([C@@H](C)O)NC(=O)[C@H](NC(=O)[C@@H](NC(=O)[C@H](O)[C@H](O)[C@H](CCCN=C(N)N)NC(=O)[C@@H](C)NC(=O)[C@H](C)[C@H](O)[C@@H](C)CC(C)C)[C@@H](C)[C@@H](C)C(N)=O)[C@@H](C)OC(=O)[C@H](C)N(C)C1=O. The van der Waals surface area contributed by atoms with Crippen LogP contribution in [0.2, 0.25) is 0 Å². The van der Waals surface area contributed by atoms with E-state index < -0.39 is 204 Å². The molecule has 0 spiro atoms. The van der Waals surface area contributed by atoms with E-state index in [1.165, 1.54) is 66.1 Å². The second-order valence-corrected chi connectivity index (χ2v) is 28.0. The van der Waals surface area contributed by atoms with Crippen LogP contribution >= 0.6 is 0 Å². The molecule has 1 heterocycles. The summed E-state index contributed by atoms with van der Waals surface area (Å²) in [7, 11) is 3.47. The largest absolute Gasteiger partial charge is 0.508 e. The van der Waals surface area contributed by atoms with Gasteiger partial charge in [-0.05, 0) is 114 Å². The molecule has 0 saturated carbocycles. The molecule has 106 heavy (non-hydrogen) atoms. The molecule has 1 aliphatic rings. The lowest BCUT2D eigenvalue weighted by Crippen LogP contribution is -2.65. The van der Waals surface area contributed by atoms with Gasteiger partial charge in [-0.2, -0.15) is 0 Å². The minimum absolute atomic E-state index is 0.00975. The second kappa shape index (κ2) is 43.8. The summed E-state index contributed by atoms with van der Waals surface area (Å²) in [5.74, 6) is -19.8. The van der Waals surface area contributed by atoms with E-state index in [1.807, 2.05) is 13.8 Å². The van der Waals surface area contributed by atoms with Crippen LogP contribution < -0.4 is 76.9 Å². The molecule has 12 amide bonds. The Kier molecular flexibility index (Phi) is 38.2. The van der Waals surface area contributed by atoms with Crippen LogP contribution in [0.1, 0.15) is 146 Å². The molecule has 2 rings (SSSR count). The number of primary amides is 2. The number of aliphatic imine (C=N–C) groups is 2. The first-order valence-electron chi connectivity index (χ1n) is 35.2. The molecule has 1 aliphatic heterocycles. The number of carbonyl (C=O) groups excluding carboxylic acids is 13. The number of nitrogens with two attached hydrogens (primary N) is 6. The monoisotopic (exact) mass is 1500 g/mol. The number of likely N-dealkylation sites (N-methyl/N-ethyl adjacent to an activating group) is 2. The summed E-state index contributed by atoms with van der Waals surface area (Å²) in [4.78, 5) is 196. The maximum atomic E-state index is 15.1. The number of cyclic esters (lactones) is 1. The summed E-state index contributed by atoms with van der Waals surface area (Å²) in [6, 6.07) is -12.6. The normalized spacial score (nSPS) is 23.2. The smallest absolute Gasteiger partial charge is 0.328 e. The Bertz CT molecular complexity index is 3230. The quantitative estimate of drug-likeness (QED) is 0.0132. The Morgan fingerprint density at radius 3 is 1.72 bits per heavy atom. The van der Waals surface area contributed by atoms with Crippen LogP contribution in [0.15, 0.2) is 34.3 Å². The van der Waals surface area contributed by atoms with E-state index in [0.29, 0.717) is 6.42 Å². The van der Waals surface area contributed by atoms with E-state index in [-0.39, 0.29) is 86.2 Å². The number of rotatable bonds is 34. The molecule has 0 aromatic heterocycles. The Morgan fingerprint density at radius 2 is 1.19 bits per heavy atom. The van der Waals surface area contributed by atoms with Crippen molar-refractivity contribution in [3.8, 4) is 5.75 Å². The van der Waals surface area contributed by atoms with E-state index in [9.17, 15) is 73.5 Å². The average molecular weight is 1510 g/mol. The number of benzene rings is 1. The van der Waals surface area contributed by atoms with Gasteiger partial charge in [0.2, 0.25) is 65.0 Å². The van der Waals surface area contributed by atoms with Gasteiger partial charge in [0, 0.05) is 46.6 Å². The van der Waals surface area contributed by atoms with Crippen molar-refractivity contribution in [3.63, 3.8) is 0 Å². The van der Waals surface area contributed by atoms with E-state index in [0.717, 1.165) is 37.6 Å². The summed E-state index contributed by atoms with van der Waals surface area (Å²) in [5, 5.41) is 75.7. The van der Waals surface area contributed by atoms with Crippen LogP contribution in [0.4, 0.5) is 0 Å². The number of hydrogen-bond acceptors (Lipinski definition) is 22. The number of methoxy groups -OCH3 is 1. The average Bonchev–Trinajstić information content (AvgIpc) is 0.811. The number of nitrogens with zero attached hydrogens (tertiary/aromatic N) is 4. The number of aliphatic hydroxyl groups excluding tert-OH is 4. The van der Waals surface area contributed by atoms with Crippen molar-refractivity contribution >= 4 is 88.8 Å². The lowest BCUT2D eigenvalue weighted by molar-refractivity contribution is -0.162. The van der Waals surface area contributed by atoms with Crippen LogP contribution in [0.25, 0.3) is 0 Å². The molecule has 25 N–H and O–H groups in total. The van der Waals surface area contributed by atoms with Gasteiger partial charge in [-0.15, -0.1) is 0 Å². The van der Waals surface area contributed by atoms with Gasteiger partial charge in [-0.25, -0.2) is 4.79 Å². The third-order valence-corrected chi connectivity index (χ3v) is 18.5. The van der Waals surface area contributed by atoms with E-state index >= 15 is 14.4 Å². The van der Waals surface area contributed by atoms with E-state index in [4.69, 9.17) is 43.9 Å². The van der Waals surface area contributed by atoms with Gasteiger partial charge >= 0.3 is 5.97 Å². The van der Waals surface area contributed by atoms with Crippen LogP contribution in [-0.2, 0) is 71.8 Å². The Balaban J connectivity index is 3.02. The number of aromatic hydroxyl groups is 1. The number of hydrogen-bond donors (Lipinski definition) is 19. The number of nitrogens with one attached hydrogen (secondary N) is 8. The molecule has 1 aromatic rings. The van der Waals surface area contributed by atoms with Gasteiger partial charge in [0.15, 0.2) is 18.0 Å². The van der Waals surface area contributed by atoms with Gasteiger partial charge in [-0.1, -0.05) is 67.5 Å². The van der Waals surface area contributed by atoms with Crippen molar-refractivity contribution in [2.45, 2.75) is 231 Å². The van der Waals surface area contributed by atoms with Gasteiger partial charge in [0.1, 0.15) is 78.4 Å². The van der Waals surface area contributed by atoms with Crippen molar-refractivity contribution < 1.29 is 97.3 Å². The number of phenols is 1. The van der Waals surface area contributed by atoms with Crippen molar-refractivity contribution in [2.75, 3.05) is 34.3 Å². The molecular weight excluding hydrogens is 1390 g/mol. The minimum Gasteiger partial charge on any atom is -0.508 e. The molecule has 20 atom stereocenters. The molecule has 38 heteroatoms. The fraction of sp³-hybridized carbons (Fsp3) is 0.691. The van der Waals surface area contributed by atoms with Crippen LogP contribution in [0.5, 0.6) is 5.75 Å². The number of ether oxygens (including phenoxy) is 2. The van der Waals surface area contributed by atoms with Crippen molar-refractivity contribution in [1.82, 2.24) is 52.3 Å². The zero-order valence-corrected chi connectivity index (χ0v) is 63.2. The van der Waals surface area contributed by atoms with E-state index in [2.05, 4.69) is 52.5 Å². The highest BCUT2D eigenvalue weighted by molar-refractivity contribution is 5.99. The second-order valence-electron chi connectivity index (χ2n) is 28.0. The van der Waals surface area contributed by atoms with Crippen LogP contribution in [-0.4, -0.2) is 249 Å². The molecule has 1 saturated heterocycles. The molecule has 598 valence electrons. The molecule has 1 fully saturated rings. The standard InChI is InChI=1S/C68H116N18O20/c1-30(2)28-32(5)51(90)35(8)56(94)77-36(9)57(95)78-42(18-16-26-75-67(71)72)52(91)53(92)63(101)81-47(33(6)34(7)55(70)93)60(98)83-49-39(12)106-66(104)37(10)85(13)65(103)50(54(105-15)40-20-22-41(88)23-21-40)84-59(97)45(24-25-46(69)89)86(14)64(102)44(29-31(3)4)80-58(96)43(19-17-27-76-68(73)74)79-61(99)48(38(11)87)82-62(49)100/h20-23,30-39,42-45,47-54,87-88,90-92H,16-19,24-29H2,1-15H3,(H2,69,89)(H2,70,93)(H,77,94)(H,78,95)(H,79,99)(H,80,96)(H,81,101)(H,82,100)(H,83,98)(H,84,97)(H4,71,72,75)(H4,73,74,76)/t32-,33-,34+,35+,36+,37-,38+,39+,42-,43+,44-,45-,47-,48+,49+,50+,51+,52+,53+,54+/m0/s1. The number of phenolic OH excluding ortho intramolecular Hbond substituents is 1. The Labute approximate surface area is 617 Å². The molecule has 1 aromatic carbocycles. The summed E-state index contributed by atoms with van der Waals surface area (Å²) in [6.07, 6.45) is -12.4.